The molecule has 3 aromatic carbocycles. The van der Waals surface area contributed by atoms with Gasteiger partial charge in [-0.1, -0.05) is 12.1 Å². The Kier molecular flexibility index (Phi) is 7.37. The molecule has 204 valence electrons. The molecule has 0 saturated carbocycles. The van der Waals surface area contributed by atoms with E-state index in [1.54, 1.807) is 36.4 Å². The molecule has 0 saturated heterocycles. The molecular formula is C28H24F3NO6S. The molecule has 1 unspecified atom stereocenters. The first kappa shape index (κ1) is 26.8. The summed E-state index contributed by atoms with van der Waals surface area (Å²) < 4.78 is 68.9. The van der Waals surface area contributed by atoms with Crippen molar-refractivity contribution in [3.05, 3.63) is 76.6 Å². The minimum absolute atomic E-state index is 0.0919. The van der Waals surface area contributed by atoms with E-state index in [-0.39, 0.29) is 23.7 Å². The molecule has 2 heterocycles. The first-order valence-electron chi connectivity index (χ1n) is 11.8. The first-order chi connectivity index (χ1) is 18.7. The fourth-order valence-corrected chi connectivity index (χ4v) is 5.48. The van der Waals surface area contributed by atoms with E-state index >= 15 is 0 Å². The SMILES string of the molecule is COc1ccc2cc(-c3ccc4c(c3)OCO4)n(C(CSc3cccc(C(F)(F)F)c3)OC)c(=O)c2c1OC. The number of thioether (sulfide) groups is 1. The van der Waals surface area contributed by atoms with Gasteiger partial charge in [0.15, 0.2) is 23.0 Å². The van der Waals surface area contributed by atoms with E-state index in [0.717, 1.165) is 23.9 Å². The quantitative estimate of drug-likeness (QED) is 0.233. The maximum atomic E-state index is 14.1. The van der Waals surface area contributed by atoms with E-state index in [0.29, 0.717) is 38.8 Å². The summed E-state index contributed by atoms with van der Waals surface area (Å²) in [5.74, 6) is 1.92. The van der Waals surface area contributed by atoms with Gasteiger partial charge in [-0.15, -0.1) is 11.8 Å². The van der Waals surface area contributed by atoms with E-state index in [1.807, 2.05) is 6.07 Å². The van der Waals surface area contributed by atoms with Crippen LogP contribution in [0, 0.1) is 0 Å². The summed E-state index contributed by atoms with van der Waals surface area (Å²) in [6.07, 6.45) is -5.31. The first-order valence-corrected chi connectivity index (χ1v) is 12.8. The van der Waals surface area contributed by atoms with Gasteiger partial charge in [0, 0.05) is 23.3 Å². The van der Waals surface area contributed by atoms with Crippen LogP contribution < -0.4 is 24.5 Å². The number of alkyl halides is 3. The molecule has 1 aromatic heterocycles. The van der Waals surface area contributed by atoms with Crippen LogP contribution in [0.2, 0.25) is 0 Å². The fourth-order valence-electron chi connectivity index (χ4n) is 4.47. The molecule has 1 aliphatic heterocycles. The Morgan fingerprint density at radius 1 is 0.974 bits per heavy atom. The van der Waals surface area contributed by atoms with Crippen molar-refractivity contribution in [3.8, 4) is 34.3 Å². The smallest absolute Gasteiger partial charge is 0.416 e. The molecule has 39 heavy (non-hydrogen) atoms. The monoisotopic (exact) mass is 559 g/mol. The van der Waals surface area contributed by atoms with Gasteiger partial charge in [0.05, 0.1) is 30.9 Å². The molecule has 0 N–H and O–H groups in total. The summed E-state index contributed by atoms with van der Waals surface area (Å²) in [7, 11) is 4.37. The lowest BCUT2D eigenvalue weighted by molar-refractivity contribution is -0.137. The number of rotatable bonds is 8. The van der Waals surface area contributed by atoms with Crippen molar-refractivity contribution < 1.29 is 36.9 Å². The molecule has 0 bridgehead atoms. The lowest BCUT2D eigenvalue weighted by Gasteiger charge is -2.24. The lowest BCUT2D eigenvalue weighted by Crippen LogP contribution is -2.29. The Bertz CT molecular complexity index is 1590. The highest BCUT2D eigenvalue weighted by Gasteiger charge is 2.30. The van der Waals surface area contributed by atoms with Gasteiger partial charge in [-0.05, 0) is 53.9 Å². The average Bonchev–Trinajstić information content (AvgIpc) is 3.41. The number of halogens is 3. The molecular weight excluding hydrogens is 535 g/mol. The van der Waals surface area contributed by atoms with Crippen LogP contribution in [0.15, 0.2) is 70.4 Å². The normalized spacial score (nSPS) is 13.5. The number of pyridine rings is 1. The summed E-state index contributed by atoms with van der Waals surface area (Å²) in [6, 6.07) is 15.7. The minimum Gasteiger partial charge on any atom is -0.493 e. The molecule has 4 aromatic rings. The van der Waals surface area contributed by atoms with E-state index in [9.17, 15) is 18.0 Å². The van der Waals surface area contributed by atoms with Crippen LogP contribution in [-0.4, -0.2) is 38.4 Å². The summed E-state index contributed by atoms with van der Waals surface area (Å²) in [6.45, 7) is 0.0919. The van der Waals surface area contributed by atoms with Gasteiger partial charge in [0.25, 0.3) is 5.56 Å². The highest BCUT2D eigenvalue weighted by molar-refractivity contribution is 7.99. The Morgan fingerprint density at radius 3 is 2.49 bits per heavy atom. The van der Waals surface area contributed by atoms with E-state index < -0.39 is 23.5 Å². The zero-order chi connectivity index (χ0) is 27.7. The zero-order valence-electron chi connectivity index (χ0n) is 21.2. The van der Waals surface area contributed by atoms with Crippen LogP contribution in [0.25, 0.3) is 22.0 Å². The van der Waals surface area contributed by atoms with Crippen LogP contribution >= 0.6 is 11.8 Å². The molecule has 5 rings (SSSR count). The van der Waals surface area contributed by atoms with Crippen molar-refractivity contribution >= 4 is 22.5 Å². The van der Waals surface area contributed by atoms with Gasteiger partial charge in [0.2, 0.25) is 6.79 Å². The maximum Gasteiger partial charge on any atom is 0.416 e. The minimum atomic E-state index is -4.46. The maximum absolute atomic E-state index is 14.1. The number of ether oxygens (including phenoxy) is 5. The number of hydrogen-bond donors (Lipinski definition) is 0. The van der Waals surface area contributed by atoms with Crippen LogP contribution in [0.4, 0.5) is 13.2 Å². The van der Waals surface area contributed by atoms with Gasteiger partial charge >= 0.3 is 6.18 Å². The van der Waals surface area contributed by atoms with Gasteiger partial charge in [-0.3, -0.25) is 9.36 Å². The van der Waals surface area contributed by atoms with Crippen molar-refractivity contribution in [1.82, 2.24) is 4.57 Å². The number of aromatic nitrogens is 1. The molecule has 7 nitrogen and oxygen atoms in total. The third-order valence-electron chi connectivity index (χ3n) is 6.34. The predicted molar refractivity (Wildman–Crippen MR) is 141 cm³/mol. The van der Waals surface area contributed by atoms with Gasteiger partial charge < -0.3 is 23.7 Å². The third-order valence-corrected chi connectivity index (χ3v) is 7.38. The van der Waals surface area contributed by atoms with Gasteiger partial charge in [-0.2, -0.15) is 13.2 Å². The van der Waals surface area contributed by atoms with Gasteiger partial charge in [-0.25, -0.2) is 0 Å². The van der Waals surface area contributed by atoms with Crippen molar-refractivity contribution in [2.75, 3.05) is 33.9 Å². The van der Waals surface area contributed by atoms with Crippen molar-refractivity contribution in [2.45, 2.75) is 17.3 Å². The third kappa shape index (κ3) is 5.11. The van der Waals surface area contributed by atoms with Crippen molar-refractivity contribution in [3.63, 3.8) is 0 Å². The van der Waals surface area contributed by atoms with Crippen molar-refractivity contribution in [1.29, 1.82) is 0 Å². The number of hydrogen-bond acceptors (Lipinski definition) is 7. The molecule has 1 aliphatic rings. The standard InChI is InChI=1S/C28H24F3NO6S/c1-34-22-10-8-17-11-20(16-7-9-21-23(12-16)38-15-37-21)32(27(33)25(17)26(22)36-3)24(35-2)14-39-19-6-4-5-18(13-19)28(29,30)31/h4-13,24H,14-15H2,1-3H3. The highest BCUT2D eigenvalue weighted by Crippen LogP contribution is 2.40. The Hall–Kier alpha value is -3.83. The van der Waals surface area contributed by atoms with Crippen molar-refractivity contribution in [2.24, 2.45) is 0 Å². The van der Waals surface area contributed by atoms with Gasteiger partial charge in [0.1, 0.15) is 6.23 Å². The average molecular weight is 560 g/mol. The lowest BCUT2D eigenvalue weighted by atomic mass is 10.0. The number of methoxy groups -OCH3 is 3. The second-order valence-corrected chi connectivity index (χ2v) is 9.66. The summed E-state index contributed by atoms with van der Waals surface area (Å²) in [5.41, 5.74) is 0.0308. The molecule has 0 fully saturated rings. The molecule has 0 amide bonds. The van der Waals surface area contributed by atoms with E-state index in [2.05, 4.69) is 0 Å². The number of benzene rings is 3. The molecule has 0 spiro atoms. The zero-order valence-corrected chi connectivity index (χ0v) is 22.0. The van der Waals surface area contributed by atoms with E-state index in [1.165, 1.54) is 32.0 Å². The second-order valence-electron chi connectivity index (χ2n) is 8.57. The van der Waals surface area contributed by atoms with E-state index in [4.69, 9.17) is 23.7 Å². The predicted octanol–water partition coefficient (Wildman–Crippen LogP) is 6.37. The van der Waals surface area contributed by atoms with Crippen LogP contribution in [0.3, 0.4) is 0 Å². The molecule has 0 radical (unpaired) electrons. The van der Waals surface area contributed by atoms with Crippen LogP contribution in [0.1, 0.15) is 11.8 Å². The Morgan fingerprint density at radius 2 is 1.77 bits per heavy atom. The summed E-state index contributed by atoms with van der Waals surface area (Å²) in [5, 5.41) is 0.898. The highest BCUT2D eigenvalue weighted by atomic mass is 32.2. The Labute approximate surface area is 226 Å². The number of fused-ring (bicyclic) bond motifs is 2. The molecule has 11 heteroatoms. The number of nitrogens with zero attached hydrogens (tertiary/aromatic N) is 1. The Balaban J connectivity index is 1.65. The molecule has 1 atom stereocenters. The van der Waals surface area contributed by atoms with Crippen LogP contribution in [-0.2, 0) is 10.9 Å². The summed E-state index contributed by atoms with van der Waals surface area (Å²) in [4.78, 5) is 14.5. The summed E-state index contributed by atoms with van der Waals surface area (Å²) >= 11 is 1.15. The molecule has 0 aliphatic carbocycles. The van der Waals surface area contributed by atoms with Crippen LogP contribution in [0.5, 0.6) is 23.0 Å². The second kappa shape index (κ2) is 10.7. The largest absolute Gasteiger partial charge is 0.493 e. The fraction of sp³-hybridized carbons (Fsp3) is 0.250. The topological polar surface area (TPSA) is 68.2 Å².